The first-order chi connectivity index (χ1) is 21.7. The normalized spacial score (nSPS) is 14.8. The SMILES string of the molecule is CCC1=C(c2cccc(C(=O)NC)c2C(C)=O)C(CCl)CN1C(=O)c1cc2cc(NC(=O)c3cc4ccccc4[nH]3)ccc2[nH]1. The molecule has 0 bridgehead atoms. The van der Waals surface area contributed by atoms with Crippen LogP contribution < -0.4 is 10.6 Å². The quantitative estimate of drug-likeness (QED) is 0.115. The number of alkyl halides is 1. The van der Waals surface area contributed by atoms with E-state index in [4.69, 9.17) is 11.6 Å². The lowest BCUT2D eigenvalue weighted by molar-refractivity contribution is 0.0802. The van der Waals surface area contributed by atoms with Gasteiger partial charge in [0.2, 0.25) is 0 Å². The van der Waals surface area contributed by atoms with E-state index >= 15 is 0 Å². The number of benzene rings is 3. The van der Waals surface area contributed by atoms with Gasteiger partial charge in [-0.05, 0) is 66.9 Å². The summed E-state index contributed by atoms with van der Waals surface area (Å²) >= 11 is 6.46. The van der Waals surface area contributed by atoms with E-state index in [1.807, 2.05) is 55.5 Å². The molecule has 45 heavy (non-hydrogen) atoms. The number of hydrogen-bond acceptors (Lipinski definition) is 4. The highest BCUT2D eigenvalue weighted by molar-refractivity contribution is 6.19. The van der Waals surface area contributed by atoms with Crippen LogP contribution in [-0.2, 0) is 0 Å². The summed E-state index contributed by atoms with van der Waals surface area (Å²) in [4.78, 5) is 60.5. The minimum absolute atomic E-state index is 0.232. The van der Waals surface area contributed by atoms with Gasteiger partial charge in [0.25, 0.3) is 17.7 Å². The predicted molar refractivity (Wildman–Crippen MR) is 177 cm³/mol. The number of aromatic nitrogens is 2. The van der Waals surface area contributed by atoms with Crippen LogP contribution in [0.1, 0.15) is 67.5 Å². The number of H-pyrrole nitrogens is 2. The Morgan fingerprint density at radius 2 is 1.62 bits per heavy atom. The second-order valence-electron chi connectivity index (χ2n) is 11.1. The van der Waals surface area contributed by atoms with Crippen molar-refractivity contribution in [2.75, 3.05) is 24.8 Å². The number of rotatable bonds is 8. The molecule has 3 amide bonds. The van der Waals surface area contributed by atoms with Crippen molar-refractivity contribution in [2.24, 2.45) is 5.92 Å². The number of aromatic amines is 2. The van der Waals surface area contributed by atoms with Crippen LogP contribution in [0.3, 0.4) is 0 Å². The molecule has 5 aromatic rings. The molecule has 2 aromatic heterocycles. The number of carbonyl (C=O) groups is 4. The highest BCUT2D eigenvalue weighted by Gasteiger charge is 2.37. The third-order valence-corrected chi connectivity index (χ3v) is 8.65. The molecule has 0 spiro atoms. The third kappa shape index (κ3) is 5.40. The molecule has 0 saturated carbocycles. The van der Waals surface area contributed by atoms with E-state index in [2.05, 4.69) is 20.6 Å². The van der Waals surface area contributed by atoms with E-state index in [1.165, 1.54) is 14.0 Å². The van der Waals surface area contributed by atoms with Gasteiger partial charge in [0.15, 0.2) is 5.78 Å². The van der Waals surface area contributed by atoms with Crippen LogP contribution in [-0.4, -0.2) is 57.8 Å². The summed E-state index contributed by atoms with van der Waals surface area (Å²) in [6.45, 7) is 3.73. The Labute approximate surface area is 264 Å². The lowest BCUT2D eigenvalue weighted by Gasteiger charge is -2.20. The van der Waals surface area contributed by atoms with Gasteiger partial charge in [-0.25, -0.2) is 0 Å². The molecule has 1 atom stereocenters. The van der Waals surface area contributed by atoms with Crippen LogP contribution in [0.4, 0.5) is 5.69 Å². The van der Waals surface area contributed by atoms with E-state index in [-0.39, 0.29) is 40.9 Å². The summed E-state index contributed by atoms with van der Waals surface area (Å²) in [6.07, 6.45) is 0.514. The Morgan fingerprint density at radius 3 is 2.33 bits per heavy atom. The van der Waals surface area contributed by atoms with E-state index in [1.54, 1.807) is 29.2 Å². The number of Topliss-reactive ketones (excluding diaryl/α,β-unsaturated/α-hetero) is 1. The summed E-state index contributed by atoms with van der Waals surface area (Å²) in [6, 6.07) is 21.9. The minimum atomic E-state index is -0.357. The van der Waals surface area contributed by atoms with Crippen molar-refractivity contribution in [1.82, 2.24) is 20.2 Å². The van der Waals surface area contributed by atoms with E-state index in [0.717, 1.165) is 33.1 Å². The number of anilines is 1. The van der Waals surface area contributed by atoms with Gasteiger partial charge < -0.3 is 25.5 Å². The Morgan fingerprint density at radius 1 is 0.889 bits per heavy atom. The van der Waals surface area contributed by atoms with Crippen molar-refractivity contribution >= 4 is 68.2 Å². The average molecular weight is 622 g/mol. The first-order valence-electron chi connectivity index (χ1n) is 14.7. The van der Waals surface area contributed by atoms with E-state index in [0.29, 0.717) is 41.2 Å². The van der Waals surface area contributed by atoms with Gasteiger partial charge in [-0.2, -0.15) is 0 Å². The summed E-state index contributed by atoms with van der Waals surface area (Å²) in [7, 11) is 1.52. The van der Waals surface area contributed by atoms with E-state index in [9.17, 15) is 19.2 Å². The fourth-order valence-electron chi connectivity index (χ4n) is 6.24. The van der Waals surface area contributed by atoms with Gasteiger partial charge in [0, 0.05) is 64.1 Å². The monoisotopic (exact) mass is 621 g/mol. The van der Waals surface area contributed by atoms with Gasteiger partial charge in [0.05, 0.1) is 5.56 Å². The first kappa shape index (κ1) is 29.9. The number of allylic oxidation sites excluding steroid dienone is 1. The van der Waals surface area contributed by atoms with Gasteiger partial charge in [-0.3, -0.25) is 19.2 Å². The predicted octanol–water partition coefficient (Wildman–Crippen LogP) is 6.60. The number of hydrogen-bond donors (Lipinski definition) is 4. The maximum Gasteiger partial charge on any atom is 0.274 e. The standard InChI is InChI=1S/C35H32ClN5O4/c1-4-30-32(24-9-7-10-25(33(43)37-3)31(24)19(2)42)22(17-36)18-41(30)35(45)29-16-21-14-23(12-13-27(21)40-29)38-34(44)28-15-20-8-5-6-11-26(20)39-28/h5-16,22,39-40H,4,17-18H2,1-3H3,(H,37,43)(H,38,44). The Balaban J connectivity index is 1.31. The molecule has 0 radical (unpaired) electrons. The third-order valence-electron chi connectivity index (χ3n) is 8.28. The molecule has 10 heteroatoms. The van der Waals surface area contributed by atoms with Gasteiger partial charge in [0.1, 0.15) is 11.4 Å². The fraction of sp³-hybridized carbons (Fsp3) is 0.200. The van der Waals surface area contributed by atoms with Crippen molar-refractivity contribution in [3.8, 4) is 0 Å². The van der Waals surface area contributed by atoms with E-state index < -0.39 is 0 Å². The molecule has 1 aliphatic heterocycles. The van der Waals surface area contributed by atoms with Crippen molar-refractivity contribution in [2.45, 2.75) is 20.3 Å². The number of nitrogens with zero attached hydrogens (tertiary/aromatic N) is 1. The highest BCUT2D eigenvalue weighted by Crippen LogP contribution is 2.41. The zero-order valence-electron chi connectivity index (χ0n) is 25.1. The molecule has 228 valence electrons. The Bertz CT molecular complexity index is 2010. The van der Waals surface area contributed by atoms with Gasteiger partial charge in [-0.1, -0.05) is 37.3 Å². The summed E-state index contributed by atoms with van der Waals surface area (Å²) < 4.78 is 0. The van der Waals surface area contributed by atoms with Crippen molar-refractivity contribution in [3.05, 3.63) is 107 Å². The van der Waals surface area contributed by atoms with Crippen LogP contribution >= 0.6 is 11.6 Å². The average Bonchev–Trinajstić information content (AvgIpc) is 3.78. The van der Waals surface area contributed by atoms with Gasteiger partial charge in [-0.15, -0.1) is 11.6 Å². The van der Waals surface area contributed by atoms with Crippen LogP contribution in [0.2, 0.25) is 0 Å². The molecular formula is C35H32ClN5O4. The van der Waals surface area contributed by atoms with Crippen LogP contribution in [0, 0.1) is 5.92 Å². The maximum absolute atomic E-state index is 14.0. The van der Waals surface area contributed by atoms with Crippen molar-refractivity contribution in [3.63, 3.8) is 0 Å². The smallest absolute Gasteiger partial charge is 0.274 e. The molecule has 4 N–H and O–H groups in total. The molecular weight excluding hydrogens is 590 g/mol. The fourth-order valence-corrected chi connectivity index (χ4v) is 6.49. The summed E-state index contributed by atoms with van der Waals surface area (Å²) in [5.74, 6) is -1.10. The molecule has 1 aliphatic rings. The van der Waals surface area contributed by atoms with Crippen LogP contribution in [0.15, 0.2) is 78.5 Å². The second kappa shape index (κ2) is 12.1. The molecule has 1 unspecified atom stereocenters. The van der Waals surface area contributed by atoms with Crippen molar-refractivity contribution < 1.29 is 19.2 Å². The molecule has 0 aliphatic carbocycles. The number of carbonyl (C=O) groups excluding carboxylic acids is 4. The number of para-hydroxylation sites is 1. The molecule has 9 nitrogen and oxygen atoms in total. The van der Waals surface area contributed by atoms with Crippen LogP contribution in [0.25, 0.3) is 27.4 Å². The minimum Gasteiger partial charge on any atom is -0.355 e. The number of ketones is 1. The lowest BCUT2D eigenvalue weighted by Crippen LogP contribution is -2.30. The lowest BCUT2D eigenvalue weighted by atomic mass is 9.87. The second-order valence-corrected chi connectivity index (χ2v) is 11.4. The van der Waals surface area contributed by atoms with Gasteiger partial charge >= 0.3 is 0 Å². The molecule has 0 saturated heterocycles. The molecule has 3 heterocycles. The molecule has 6 rings (SSSR count). The number of halogens is 1. The zero-order valence-corrected chi connectivity index (χ0v) is 25.8. The van der Waals surface area contributed by atoms with Crippen LogP contribution in [0.5, 0.6) is 0 Å². The largest absolute Gasteiger partial charge is 0.355 e. The number of nitrogens with one attached hydrogen (secondary N) is 4. The summed E-state index contributed by atoms with van der Waals surface area (Å²) in [5.41, 5.74) is 5.83. The highest BCUT2D eigenvalue weighted by atomic mass is 35.5. The topological polar surface area (TPSA) is 127 Å². The Kier molecular flexibility index (Phi) is 8.03. The molecule has 3 aromatic carbocycles. The number of amides is 3. The Hall–Kier alpha value is -5.15. The number of fused-ring (bicyclic) bond motifs is 2. The molecule has 0 fully saturated rings. The maximum atomic E-state index is 14.0. The zero-order chi connectivity index (χ0) is 31.8. The first-order valence-corrected chi connectivity index (χ1v) is 15.3. The van der Waals surface area contributed by atoms with Crippen molar-refractivity contribution in [1.29, 1.82) is 0 Å². The summed E-state index contributed by atoms with van der Waals surface area (Å²) in [5, 5.41) is 7.25.